The summed E-state index contributed by atoms with van der Waals surface area (Å²) in [6, 6.07) is 0. The lowest BCUT2D eigenvalue weighted by Gasteiger charge is -2.34. The molecule has 0 aromatic rings. The van der Waals surface area contributed by atoms with Crippen LogP contribution in [0, 0.1) is 17.8 Å². The van der Waals surface area contributed by atoms with Crippen molar-refractivity contribution in [2.24, 2.45) is 17.8 Å². The summed E-state index contributed by atoms with van der Waals surface area (Å²) in [5.41, 5.74) is 0. The van der Waals surface area contributed by atoms with Crippen molar-refractivity contribution in [3.8, 4) is 0 Å². The molecule has 0 aromatic heterocycles. The summed E-state index contributed by atoms with van der Waals surface area (Å²) in [6.07, 6.45) is 6.15. The van der Waals surface area contributed by atoms with Crippen molar-refractivity contribution in [3.05, 3.63) is 0 Å². The maximum Gasteiger partial charge on any atom is -0.0360 e. The van der Waals surface area contributed by atoms with Gasteiger partial charge in [0.25, 0.3) is 0 Å². The lowest BCUT2D eigenvalue weighted by Crippen LogP contribution is -2.26. The fourth-order valence-electron chi connectivity index (χ4n) is 2.69. The molecule has 0 radical (unpaired) electrons. The molecule has 0 aromatic carbocycles. The molecule has 3 atom stereocenters. The number of fused-ring (bicyclic) bond motifs is 1. The van der Waals surface area contributed by atoms with Crippen LogP contribution in [-0.2, 0) is 0 Å². The molecule has 3 rings (SSSR count). The van der Waals surface area contributed by atoms with Gasteiger partial charge < -0.3 is 0 Å². The van der Waals surface area contributed by atoms with Crippen LogP contribution in [0.3, 0.4) is 0 Å². The van der Waals surface area contributed by atoms with Crippen LogP contribution in [0.5, 0.6) is 0 Å². The van der Waals surface area contributed by atoms with Crippen LogP contribution in [0.25, 0.3) is 0 Å². The fourth-order valence-corrected chi connectivity index (χ4v) is 2.69. The van der Waals surface area contributed by atoms with E-state index in [1.807, 2.05) is 0 Å². The van der Waals surface area contributed by atoms with Gasteiger partial charge in [0.05, 0.1) is 0 Å². The van der Waals surface area contributed by atoms with Crippen LogP contribution in [0.4, 0.5) is 0 Å². The first-order chi connectivity index (χ1) is 3.92. The van der Waals surface area contributed by atoms with Crippen molar-refractivity contribution in [1.29, 1.82) is 0 Å². The third kappa shape index (κ3) is 0.416. The van der Waals surface area contributed by atoms with Gasteiger partial charge >= 0.3 is 0 Å². The van der Waals surface area contributed by atoms with Crippen LogP contribution >= 0.6 is 0 Å². The van der Waals surface area contributed by atoms with E-state index in [9.17, 15) is 0 Å². The van der Waals surface area contributed by atoms with E-state index in [-0.39, 0.29) is 0 Å². The molecule has 0 heteroatoms. The highest BCUT2D eigenvalue weighted by atomic mass is 14.5. The van der Waals surface area contributed by atoms with Crippen molar-refractivity contribution in [3.63, 3.8) is 0 Å². The summed E-state index contributed by atoms with van der Waals surface area (Å²) in [6.45, 7) is 2.34. The van der Waals surface area contributed by atoms with Gasteiger partial charge in [-0.15, -0.1) is 0 Å². The van der Waals surface area contributed by atoms with Gasteiger partial charge in [-0.3, -0.25) is 0 Å². The Balaban J connectivity index is 2.02. The van der Waals surface area contributed by atoms with Gasteiger partial charge in [0, 0.05) is 0 Å². The average molecular weight is 110 g/mol. The third-order valence-electron chi connectivity index (χ3n) is 3.20. The van der Waals surface area contributed by atoms with E-state index in [2.05, 4.69) is 6.92 Å². The zero-order chi connectivity index (χ0) is 5.56. The summed E-state index contributed by atoms with van der Waals surface area (Å²) >= 11 is 0. The van der Waals surface area contributed by atoms with E-state index >= 15 is 0 Å². The first kappa shape index (κ1) is 4.84. The van der Waals surface area contributed by atoms with Gasteiger partial charge in [-0.2, -0.15) is 0 Å². The molecule has 0 amide bonds. The average Bonchev–Trinajstić information content (AvgIpc) is 2.19. The van der Waals surface area contributed by atoms with Gasteiger partial charge in [0.2, 0.25) is 0 Å². The van der Waals surface area contributed by atoms with E-state index < -0.39 is 0 Å². The van der Waals surface area contributed by atoms with Crippen LogP contribution < -0.4 is 0 Å². The largest absolute Gasteiger partial charge is 0.0651 e. The van der Waals surface area contributed by atoms with E-state index in [0.717, 1.165) is 5.92 Å². The van der Waals surface area contributed by atoms with Crippen molar-refractivity contribution >= 4 is 0 Å². The third-order valence-corrected chi connectivity index (χ3v) is 3.20. The summed E-state index contributed by atoms with van der Waals surface area (Å²) in [5, 5.41) is 0. The lowest BCUT2D eigenvalue weighted by atomic mass is 9.71. The van der Waals surface area contributed by atoms with Crippen LogP contribution in [0.15, 0.2) is 0 Å². The highest BCUT2D eigenvalue weighted by Crippen LogP contribution is 2.54. The SMILES string of the molecule is CCC1[C@@H]2CC[C@H]1C2. The van der Waals surface area contributed by atoms with E-state index in [4.69, 9.17) is 0 Å². The standard InChI is InChI=1S/C8H14/c1-2-8-6-3-4-7(8)5-6/h6-8H,2-5H2,1H3/t6-,7+,8?. The molecule has 0 nitrogen and oxygen atoms in total. The molecule has 0 spiro atoms. The zero-order valence-electron chi connectivity index (χ0n) is 5.56. The summed E-state index contributed by atoms with van der Waals surface area (Å²) < 4.78 is 0. The van der Waals surface area contributed by atoms with E-state index in [1.165, 1.54) is 18.3 Å². The Kier molecular flexibility index (Phi) is 0.902. The molecule has 0 aliphatic heterocycles. The summed E-state index contributed by atoms with van der Waals surface area (Å²) in [7, 11) is 0. The normalized spacial score (nSPS) is 51.4. The molecule has 0 heterocycles. The number of hydrogen-bond donors (Lipinski definition) is 0. The van der Waals surface area contributed by atoms with Gasteiger partial charge in [-0.1, -0.05) is 13.3 Å². The zero-order valence-corrected chi connectivity index (χ0v) is 5.56. The molecule has 46 valence electrons. The van der Waals surface area contributed by atoms with E-state index in [1.54, 1.807) is 19.3 Å². The molecule has 0 saturated heterocycles. The molecule has 3 aliphatic rings. The minimum atomic E-state index is 1.16. The first-order valence-corrected chi connectivity index (χ1v) is 3.92. The topological polar surface area (TPSA) is 0 Å². The van der Waals surface area contributed by atoms with Gasteiger partial charge in [0.1, 0.15) is 0 Å². The second-order valence-electron chi connectivity index (χ2n) is 3.41. The minimum absolute atomic E-state index is 1.16. The molecule has 3 fully saturated rings. The molecule has 3 saturated carbocycles. The van der Waals surface area contributed by atoms with Crippen molar-refractivity contribution in [2.75, 3.05) is 0 Å². The molecule has 3 aliphatic carbocycles. The van der Waals surface area contributed by atoms with Gasteiger partial charge in [-0.25, -0.2) is 0 Å². The van der Waals surface area contributed by atoms with Gasteiger partial charge in [0.15, 0.2) is 0 Å². The predicted octanol–water partition coefficient (Wildman–Crippen LogP) is 2.44. The molecule has 2 bridgehead atoms. The predicted molar refractivity (Wildman–Crippen MR) is 34.6 cm³/mol. The summed E-state index contributed by atoms with van der Waals surface area (Å²) in [4.78, 5) is 0. The molecule has 1 unspecified atom stereocenters. The Morgan fingerprint density at radius 3 is 2.12 bits per heavy atom. The minimum Gasteiger partial charge on any atom is -0.0651 e. The lowest BCUT2D eigenvalue weighted by molar-refractivity contribution is 0.152. The number of hydrogen-bond acceptors (Lipinski definition) is 0. The Morgan fingerprint density at radius 1 is 1.25 bits per heavy atom. The number of rotatable bonds is 1. The van der Waals surface area contributed by atoms with Gasteiger partial charge in [-0.05, 0) is 37.0 Å². The second-order valence-corrected chi connectivity index (χ2v) is 3.41. The van der Waals surface area contributed by atoms with Crippen LogP contribution in [0.1, 0.15) is 32.6 Å². The van der Waals surface area contributed by atoms with Crippen LogP contribution in [-0.4, -0.2) is 0 Å². The summed E-state index contributed by atoms with van der Waals surface area (Å²) in [5.74, 6) is 3.50. The highest BCUT2D eigenvalue weighted by Gasteiger charge is 2.44. The molecular formula is C8H14. The molecular weight excluding hydrogens is 96.1 g/mol. The van der Waals surface area contributed by atoms with Crippen molar-refractivity contribution in [2.45, 2.75) is 32.6 Å². The smallest absolute Gasteiger partial charge is 0.0360 e. The van der Waals surface area contributed by atoms with Crippen molar-refractivity contribution in [1.82, 2.24) is 0 Å². The van der Waals surface area contributed by atoms with Crippen molar-refractivity contribution < 1.29 is 0 Å². The maximum absolute atomic E-state index is 2.34. The van der Waals surface area contributed by atoms with Crippen LogP contribution in [0.2, 0.25) is 0 Å². The highest BCUT2D eigenvalue weighted by molar-refractivity contribution is 4.94. The molecule has 8 heavy (non-hydrogen) atoms. The maximum atomic E-state index is 2.34. The Labute approximate surface area is 51.3 Å². The Hall–Kier alpha value is 0. The Morgan fingerprint density at radius 2 is 1.88 bits per heavy atom. The molecule has 0 N–H and O–H groups in total. The monoisotopic (exact) mass is 110 g/mol. The quantitative estimate of drug-likeness (QED) is 0.486. The first-order valence-electron chi connectivity index (χ1n) is 3.92. The fraction of sp³-hybridized carbons (Fsp3) is 1.00. The van der Waals surface area contributed by atoms with E-state index in [0.29, 0.717) is 0 Å². The Bertz CT molecular complexity index is 82.2. The second kappa shape index (κ2) is 1.49.